The molecule has 3 heteroatoms. The summed E-state index contributed by atoms with van der Waals surface area (Å²) in [7, 11) is 0. The van der Waals surface area contributed by atoms with Crippen molar-refractivity contribution >= 4 is 60.9 Å². The Labute approximate surface area is 260 Å². The summed E-state index contributed by atoms with van der Waals surface area (Å²) in [5.74, 6) is 0. The molecule has 0 aliphatic rings. The van der Waals surface area contributed by atoms with Crippen LogP contribution < -0.4 is 4.90 Å². The van der Waals surface area contributed by atoms with E-state index in [0.29, 0.717) is 0 Å². The van der Waals surface area contributed by atoms with Gasteiger partial charge in [0.25, 0.3) is 0 Å². The van der Waals surface area contributed by atoms with Crippen LogP contribution in [0.5, 0.6) is 0 Å². The van der Waals surface area contributed by atoms with E-state index in [4.69, 9.17) is 8.83 Å². The van der Waals surface area contributed by atoms with Crippen LogP contribution in [-0.4, -0.2) is 0 Å². The van der Waals surface area contributed by atoms with E-state index in [2.05, 4.69) is 144 Å². The Hall–Kier alpha value is -6.06. The van der Waals surface area contributed by atoms with E-state index in [-0.39, 0.29) is 0 Å². The first-order valence-electron chi connectivity index (χ1n) is 15.2. The molecule has 0 saturated heterocycles. The fraction of sp³-hybridized carbons (Fsp3) is 0. The SMILES string of the molecule is c1ccc(-c2ccccc2N(c2ccccc2)c2ccc(-c3cccc4oc5ccc6oc7ccccc7c6c5c34)cc2)cc1. The van der Waals surface area contributed by atoms with Crippen molar-refractivity contribution in [2.24, 2.45) is 0 Å². The highest BCUT2D eigenvalue weighted by atomic mass is 16.3. The van der Waals surface area contributed by atoms with E-state index >= 15 is 0 Å². The largest absolute Gasteiger partial charge is 0.456 e. The molecule has 45 heavy (non-hydrogen) atoms. The van der Waals surface area contributed by atoms with Gasteiger partial charge in [-0.05, 0) is 71.3 Å². The van der Waals surface area contributed by atoms with Gasteiger partial charge in [-0.1, -0.05) is 109 Å². The molecule has 7 aromatic carbocycles. The van der Waals surface area contributed by atoms with Gasteiger partial charge in [-0.15, -0.1) is 0 Å². The van der Waals surface area contributed by atoms with E-state index in [1.54, 1.807) is 0 Å². The Balaban J connectivity index is 1.23. The molecule has 0 fully saturated rings. The first kappa shape index (κ1) is 25.4. The fourth-order valence-electron chi connectivity index (χ4n) is 6.69. The fourth-order valence-corrected chi connectivity index (χ4v) is 6.69. The molecule has 0 unspecified atom stereocenters. The highest BCUT2D eigenvalue weighted by Crippen LogP contribution is 2.45. The third-order valence-corrected chi connectivity index (χ3v) is 8.68. The maximum atomic E-state index is 6.42. The van der Waals surface area contributed by atoms with Crippen LogP contribution in [0.3, 0.4) is 0 Å². The van der Waals surface area contributed by atoms with Gasteiger partial charge < -0.3 is 13.7 Å². The zero-order chi connectivity index (χ0) is 29.7. The predicted molar refractivity (Wildman–Crippen MR) is 187 cm³/mol. The summed E-state index contributed by atoms with van der Waals surface area (Å²) in [5.41, 5.74) is 11.4. The van der Waals surface area contributed by atoms with E-state index in [1.807, 2.05) is 24.3 Å². The smallest absolute Gasteiger partial charge is 0.136 e. The highest BCUT2D eigenvalue weighted by Gasteiger charge is 2.20. The van der Waals surface area contributed by atoms with Crippen molar-refractivity contribution in [2.45, 2.75) is 0 Å². The molecule has 0 aliphatic carbocycles. The maximum absolute atomic E-state index is 6.42. The molecule has 2 heterocycles. The van der Waals surface area contributed by atoms with Crippen LogP contribution in [0, 0.1) is 0 Å². The molecule has 3 nitrogen and oxygen atoms in total. The van der Waals surface area contributed by atoms with Crippen LogP contribution >= 0.6 is 0 Å². The van der Waals surface area contributed by atoms with Gasteiger partial charge in [0, 0.05) is 38.5 Å². The molecule has 0 atom stereocenters. The second-order valence-corrected chi connectivity index (χ2v) is 11.3. The second-order valence-electron chi connectivity index (χ2n) is 11.3. The van der Waals surface area contributed by atoms with Crippen molar-refractivity contribution in [1.29, 1.82) is 0 Å². The molecule has 0 amide bonds. The zero-order valence-electron chi connectivity index (χ0n) is 24.4. The highest BCUT2D eigenvalue weighted by molar-refractivity contribution is 6.28. The van der Waals surface area contributed by atoms with Crippen LogP contribution in [0.15, 0.2) is 173 Å². The standard InChI is InChI=1S/C42H27NO2/c1-3-12-28(13-4-1)32-16-7-9-19-35(32)43(30-14-5-2-6-15-30)31-24-22-29(23-25-31)33-18-11-21-37-40(33)42-39(45-37)27-26-38-41(42)34-17-8-10-20-36(34)44-38/h1-27H. The number of benzene rings is 7. The van der Waals surface area contributed by atoms with E-state index in [1.165, 1.54) is 11.1 Å². The van der Waals surface area contributed by atoms with Crippen LogP contribution in [0.25, 0.3) is 66.1 Å². The molecule has 0 N–H and O–H groups in total. The first-order valence-corrected chi connectivity index (χ1v) is 15.2. The summed E-state index contributed by atoms with van der Waals surface area (Å²) in [5, 5.41) is 4.39. The van der Waals surface area contributed by atoms with Crippen LogP contribution in [-0.2, 0) is 0 Å². The minimum atomic E-state index is 0.862. The number of rotatable bonds is 5. The van der Waals surface area contributed by atoms with Crippen molar-refractivity contribution in [3.63, 3.8) is 0 Å². The van der Waals surface area contributed by atoms with Crippen molar-refractivity contribution < 1.29 is 8.83 Å². The predicted octanol–water partition coefficient (Wildman–Crippen LogP) is 12.3. The number of fused-ring (bicyclic) bond motifs is 7. The molecule has 9 aromatic rings. The average Bonchev–Trinajstić information content (AvgIpc) is 3.68. The van der Waals surface area contributed by atoms with Gasteiger partial charge in [0.05, 0.1) is 5.69 Å². The summed E-state index contributed by atoms with van der Waals surface area (Å²) >= 11 is 0. The van der Waals surface area contributed by atoms with Crippen LogP contribution in [0.2, 0.25) is 0 Å². The summed E-state index contributed by atoms with van der Waals surface area (Å²) in [6.07, 6.45) is 0. The molecule has 0 spiro atoms. The lowest BCUT2D eigenvalue weighted by Gasteiger charge is -2.28. The second kappa shape index (κ2) is 10.3. The number of hydrogen-bond acceptors (Lipinski definition) is 3. The lowest BCUT2D eigenvalue weighted by molar-refractivity contribution is 0.663. The average molecular weight is 578 g/mol. The van der Waals surface area contributed by atoms with Gasteiger partial charge >= 0.3 is 0 Å². The Morgan fingerprint density at radius 3 is 1.71 bits per heavy atom. The molecule has 0 bridgehead atoms. The molecular formula is C42H27NO2. The molecule has 9 rings (SSSR count). The van der Waals surface area contributed by atoms with Crippen LogP contribution in [0.4, 0.5) is 17.1 Å². The van der Waals surface area contributed by atoms with Crippen molar-refractivity contribution in [3.8, 4) is 22.3 Å². The van der Waals surface area contributed by atoms with Gasteiger partial charge in [-0.25, -0.2) is 0 Å². The van der Waals surface area contributed by atoms with Crippen molar-refractivity contribution in [1.82, 2.24) is 0 Å². The van der Waals surface area contributed by atoms with E-state index in [0.717, 1.165) is 72.1 Å². The number of hydrogen-bond donors (Lipinski definition) is 0. The molecule has 2 aromatic heterocycles. The van der Waals surface area contributed by atoms with Gasteiger partial charge in [0.1, 0.15) is 22.3 Å². The lowest BCUT2D eigenvalue weighted by atomic mass is 9.97. The Morgan fingerprint density at radius 2 is 0.889 bits per heavy atom. The minimum absolute atomic E-state index is 0.862. The normalized spacial score (nSPS) is 11.6. The minimum Gasteiger partial charge on any atom is -0.456 e. The summed E-state index contributed by atoms with van der Waals surface area (Å²) in [6.45, 7) is 0. The summed E-state index contributed by atoms with van der Waals surface area (Å²) in [6, 6.07) is 57.2. The number of para-hydroxylation sites is 3. The molecule has 0 saturated carbocycles. The molecular weight excluding hydrogens is 550 g/mol. The third kappa shape index (κ3) is 4.13. The lowest BCUT2D eigenvalue weighted by Crippen LogP contribution is -2.11. The maximum Gasteiger partial charge on any atom is 0.136 e. The molecule has 212 valence electrons. The summed E-state index contributed by atoms with van der Waals surface area (Å²) in [4.78, 5) is 2.33. The van der Waals surface area contributed by atoms with E-state index in [9.17, 15) is 0 Å². The van der Waals surface area contributed by atoms with E-state index < -0.39 is 0 Å². The Bertz CT molecular complexity index is 2470. The van der Waals surface area contributed by atoms with Gasteiger partial charge in [0.2, 0.25) is 0 Å². The number of anilines is 3. The number of furan rings is 2. The van der Waals surface area contributed by atoms with Crippen molar-refractivity contribution in [2.75, 3.05) is 4.90 Å². The zero-order valence-corrected chi connectivity index (χ0v) is 24.4. The topological polar surface area (TPSA) is 29.5 Å². The monoisotopic (exact) mass is 577 g/mol. The Kier molecular flexibility index (Phi) is 5.82. The molecule has 0 radical (unpaired) electrons. The van der Waals surface area contributed by atoms with Crippen LogP contribution in [0.1, 0.15) is 0 Å². The van der Waals surface area contributed by atoms with Gasteiger partial charge in [-0.2, -0.15) is 0 Å². The van der Waals surface area contributed by atoms with Crippen molar-refractivity contribution in [3.05, 3.63) is 164 Å². The van der Waals surface area contributed by atoms with Gasteiger partial charge in [0.15, 0.2) is 0 Å². The first-order chi connectivity index (χ1) is 22.3. The molecule has 0 aliphatic heterocycles. The number of nitrogens with zero attached hydrogens (tertiary/aromatic N) is 1. The Morgan fingerprint density at radius 1 is 0.333 bits per heavy atom. The summed E-state index contributed by atoms with van der Waals surface area (Å²) < 4.78 is 12.7. The quantitative estimate of drug-likeness (QED) is 0.204. The third-order valence-electron chi connectivity index (χ3n) is 8.68. The van der Waals surface area contributed by atoms with Gasteiger partial charge in [-0.3, -0.25) is 0 Å².